The molecular weight excluding hydrogens is 919 g/mol. The molecule has 16 nitrogen and oxygen atoms in total. The van der Waals surface area contributed by atoms with Gasteiger partial charge in [-0.25, -0.2) is 4.79 Å². The maximum absolute atomic E-state index is 12.6. The molecule has 4 rings (SSSR count). The summed E-state index contributed by atoms with van der Waals surface area (Å²) < 4.78 is 11.9. The van der Waals surface area contributed by atoms with Crippen molar-refractivity contribution in [2.75, 3.05) is 39.4 Å². The quantitative estimate of drug-likeness (QED) is 0.111. The van der Waals surface area contributed by atoms with Gasteiger partial charge in [0.2, 0.25) is 25.3 Å². The van der Waals surface area contributed by atoms with Gasteiger partial charge >= 0.3 is 23.9 Å². The number of nitrogens with one attached hydrogen (secondary N) is 1. The van der Waals surface area contributed by atoms with Crippen LogP contribution in [0, 0.1) is 29.6 Å². The van der Waals surface area contributed by atoms with E-state index in [0.29, 0.717) is 38.8 Å². The number of amides is 3. The highest BCUT2D eigenvalue weighted by molar-refractivity contribution is 6.68. The molecule has 0 radical (unpaired) electrons. The summed E-state index contributed by atoms with van der Waals surface area (Å²) in [6, 6.07) is -0.785. The number of likely N-dealkylation sites (tertiary alicyclic amines) is 2. The van der Waals surface area contributed by atoms with Crippen molar-refractivity contribution in [3.8, 4) is 0 Å². The highest BCUT2D eigenvalue weighted by atomic mass is 35.6. The molecule has 2 aliphatic carbocycles. The van der Waals surface area contributed by atoms with Crippen LogP contribution in [-0.4, -0.2) is 138 Å². The Morgan fingerprint density at radius 1 is 0.683 bits per heavy atom. The van der Waals surface area contributed by atoms with Crippen LogP contribution in [0.1, 0.15) is 92.4 Å². The van der Waals surface area contributed by atoms with E-state index >= 15 is 0 Å². The monoisotopic (exact) mass is 973 g/mol. The van der Waals surface area contributed by atoms with Gasteiger partial charge in [-0.05, 0) is 90.9 Å². The molecule has 2 unspecified atom stereocenters. The number of hydrogen-bond donors (Lipinski definition) is 4. The van der Waals surface area contributed by atoms with Crippen LogP contribution in [0.4, 0.5) is 0 Å². The molecule has 4 fully saturated rings. The lowest BCUT2D eigenvalue weighted by Gasteiger charge is -2.33. The first-order valence-electron chi connectivity index (χ1n) is 19.7. The Kier molecular flexibility index (Phi) is 21.8. The molecule has 2 heterocycles. The first kappa shape index (κ1) is 54.1. The van der Waals surface area contributed by atoms with E-state index in [1.165, 1.54) is 4.90 Å². The number of nitrogens with zero attached hydrogens (tertiary/aromatic N) is 2. The molecule has 4 aliphatic rings. The summed E-state index contributed by atoms with van der Waals surface area (Å²) in [4.78, 5) is 86.2. The summed E-state index contributed by atoms with van der Waals surface area (Å²) in [6.45, 7) is 9.30. The van der Waals surface area contributed by atoms with Crippen LogP contribution in [0.25, 0.3) is 0 Å². The molecular formula is C38H57Cl6N3O13. The number of ether oxygens (including phenoxy) is 3. The number of carboxylic acid groups (broad SMARTS) is 1. The summed E-state index contributed by atoms with van der Waals surface area (Å²) in [7, 11) is 0. The third-order valence-corrected chi connectivity index (χ3v) is 10.2. The highest BCUT2D eigenvalue weighted by Crippen LogP contribution is 2.33. The van der Waals surface area contributed by atoms with Crippen molar-refractivity contribution < 1.29 is 63.1 Å². The number of aliphatic carboxylic acids is 1. The van der Waals surface area contributed by atoms with Crippen molar-refractivity contribution in [2.45, 2.75) is 124 Å². The minimum Gasteiger partial charge on any atom is -0.479 e. The van der Waals surface area contributed by atoms with Gasteiger partial charge in [0.25, 0.3) is 0 Å². The van der Waals surface area contributed by atoms with E-state index in [4.69, 9.17) is 94.0 Å². The van der Waals surface area contributed by atoms with Crippen molar-refractivity contribution >= 4 is 111 Å². The molecule has 3 amide bonds. The van der Waals surface area contributed by atoms with E-state index in [9.17, 15) is 38.7 Å². The summed E-state index contributed by atoms with van der Waals surface area (Å²) >= 11 is 33.4. The number of halogens is 6. The van der Waals surface area contributed by atoms with Crippen LogP contribution < -0.4 is 5.32 Å². The molecule has 344 valence electrons. The van der Waals surface area contributed by atoms with Gasteiger partial charge in [0.1, 0.15) is 31.0 Å². The van der Waals surface area contributed by atoms with Gasteiger partial charge in [-0.2, -0.15) is 0 Å². The third-order valence-electron chi connectivity index (χ3n) is 9.59. The number of aliphatic hydroxyl groups excluding tert-OH is 2. The molecule has 0 spiro atoms. The number of carboxylic acids is 1. The molecule has 2 aliphatic heterocycles. The fraction of sp³-hybridized carbons (Fsp3) is 0.816. The smallest absolute Gasteiger partial charge is 0.332 e. The SMILES string of the molecule is C[C@H](CC(=O)OC(C)(C)C)C(=O)N1CCC[C@@H](C(=O)OCC(Cl)(Cl)Cl)C1.C[C@H](NC(=O)C(O)C1CC1)C(=O)N1CCC[C@@H](C(=O)OCC(Cl)(Cl)Cl)C1.O=C(O)C(O)C1CC1. The Morgan fingerprint density at radius 2 is 1.10 bits per heavy atom. The maximum atomic E-state index is 12.6. The van der Waals surface area contributed by atoms with Crippen molar-refractivity contribution in [2.24, 2.45) is 29.6 Å². The zero-order valence-corrected chi connectivity index (χ0v) is 38.8. The fourth-order valence-corrected chi connectivity index (χ4v) is 6.51. The Labute approximate surface area is 380 Å². The van der Waals surface area contributed by atoms with E-state index in [1.54, 1.807) is 39.5 Å². The van der Waals surface area contributed by atoms with E-state index in [1.807, 2.05) is 0 Å². The predicted molar refractivity (Wildman–Crippen MR) is 223 cm³/mol. The van der Waals surface area contributed by atoms with E-state index in [2.05, 4.69) is 5.32 Å². The van der Waals surface area contributed by atoms with Gasteiger partial charge in [-0.3, -0.25) is 28.8 Å². The Balaban J connectivity index is 0.000000348. The van der Waals surface area contributed by atoms with Gasteiger partial charge in [0.15, 0.2) is 6.10 Å². The second-order valence-electron chi connectivity index (χ2n) is 16.5. The maximum Gasteiger partial charge on any atom is 0.332 e. The van der Waals surface area contributed by atoms with Crippen LogP contribution in [0.15, 0.2) is 0 Å². The second kappa shape index (κ2) is 24.1. The average molecular weight is 977 g/mol. The molecule has 4 N–H and O–H groups in total. The topological polar surface area (TPSA) is 226 Å². The number of piperidine rings is 2. The van der Waals surface area contributed by atoms with Gasteiger partial charge < -0.3 is 44.6 Å². The minimum atomic E-state index is -1.68. The lowest BCUT2D eigenvalue weighted by molar-refractivity contribution is -0.159. The number of rotatable bonds is 13. The number of carbonyl (C=O) groups excluding carboxylic acids is 6. The molecule has 2 saturated heterocycles. The van der Waals surface area contributed by atoms with E-state index < -0.39 is 79.0 Å². The molecule has 0 bridgehead atoms. The lowest BCUT2D eigenvalue weighted by atomic mass is 9.96. The molecule has 2 saturated carbocycles. The van der Waals surface area contributed by atoms with Crippen molar-refractivity contribution in [1.29, 1.82) is 0 Å². The van der Waals surface area contributed by atoms with Crippen molar-refractivity contribution in [3.05, 3.63) is 0 Å². The average Bonchev–Trinajstić information content (AvgIpc) is 4.08. The standard InChI is InChI=1S/C17H26Cl3NO5.C16H23Cl3N2O5.C5H8O3/c1-11(8-13(22)26-16(2,3)4)14(23)21-7-5-6-12(9-21)15(24)25-10-17(18,19)20;1-9(20-13(23)12(22)10-4-5-10)14(24)21-6-2-3-11(7-21)15(25)26-8-16(17,18)19;6-4(5(7)8)3-1-2-3/h11-12H,5-10H2,1-4H3;9-12,22H,2-8H2,1H3,(H,20,23);3-4,6H,1-2H2,(H,7,8)/t11-,12-;9-,11+,12?;/m10./s1. The van der Waals surface area contributed by atoms with Gasteiger partial charge in [-0.15, -0.1) is 0 Å². The zero-order valence-electron chi connectivity index (χ0n) is 34.3. The Bertz CT molecular complexity index is 1500. The Morgan fingerprint density at radius 3 is 1.47 bits per heavy atom. The first-order valence-corrected chi connectivity index (χ1v) is 22.0. The largest absolute Gasteiger partial charge is 0.479 e. The molecule has 22 heteroatoms. The summed E-state index contributed by atoms with van der Waals surface area (Å²) in [5.74, 6) is -5.00. The van der Waals surface area contributed by atoms with Crippen molar-refractivity contribution in [3.63, 3.8) is 0 Å². The molecule has 0 aromatic carbocycles. The van der Waals surface area contributed by atoms with E-state index in [-0.39, 0.29) is 56.4 Å². The number of aliphatic hydroxyl groups is 2. The fourth-order valence-electron chi connectivity index (χ4n) is 6.19. The van der Waals surface area contributed by atoms with Crippen LogP contribution in [0.2, 0.25) is 0 Å². The lowest BCUT2D eigenvalue weighted by Crippen LogP contribution is -2.52. The zero-order chi connectivity index (χ0) is 45.7. The molecule has 60 heavy (non-hydrogen) atoms. The summed E-state index contributed by atoms with van der Waals surface area (Å²) in [5, 5.41) is 29.2. The van der Waals surface area contributed by atoms with Gasteiger partial charge in [0, 0.05) is 32.1 Å². The summed E-state index contributed by atoms with van der Waals surface area (Å²) in [5.41, 5.74) is -0.595. The Hall–Kier alpha value is -2.05. The number of hydrogen-bond acceptors (Lipinski definition) is 12. The molecule has 0 aromatic heterocycles. The second-order valence-corrected chi connectivity index (χ2v) is 21.5. The van der Waals surface area contributed by atoms with Crippen LogP contribution in [0.3, 0.4) is 0 Å². The predicted octanol–water partition coefficient (Wildman–Crippen LogP) is 4.76. The van der Waals surface area contributed by atoms with Gasteiger partial charge in [-0.1, -0.05) is 76.5 Å². The number of esters is 3. The normalized spacial score (nSPS) is 21.6. The number of carbonyl (C=O) groups is 7. The first-order chi connectivity index (χ1) is 27.6. The van der Waals surface area contributed by atoms with E-state index in [0.717, 1.165) is 25.7 Å². The summed E-state index contributed by atoms with van der Waals surface area (Å²) in [6.07, 6.45) is 3.67. The number of alkyl halides is 6. The third kappa shape index (κ3) is 21.4. The minimum absolute atomic E-state index is 0.00498. The van der Waals surface area contributed by atoms with Crippen LogP contribution in [-0.2, 0) is 47.8 Å². The van der Waals surface area contributed by atoms with Crippen molar-refractivity contribution in [1.82, 2.24) is 15.1 Å². The van der Waals surface area contributed by atoms with Crippen LogP contribution in [0.5, 0.6) is 0 Å². The highest BCUT2D eigenvalue weighted by Gasteiger charge is 2.38. The van der Waals surface area contributed by atoms with Gasteiger partial charge in [0.05, 0.1) is 18.3 Å². The molecule has 0 aromatic rings. The molecule has 6 atom stereocenters. The van der Waals surface area contributed by atoms with Crippen LogP contribution >= 0.6 is 69.6 Å².